The Labute approximate surface area is 109 Å². The van der Waals surface area contributed by atoms with Gasteiger partial charge in [0.15, 0.2) is 9.84 Å². The van der Waals surface area contributed by atoms with Crippen molar-refractivity contribution in [3.8, 4) is 0 Å². The van der Waals surface area contributed by atoms with Crippen molar-refractivity contribution < 1.29 is 8.42 Å². The molecule has 1 atom stereocenters. The van der Waals surface area contributed by atoms with Crippen LogP contribution in [0.15, 0.2) is 18.2 Å². The lowest BCUT2D eigenvalue weighted by molar-refractivity contribution is 0.563. The van der Waals surface area contributed by atoms with Crippen LogP contribution in [0.25, 0.3) is 0 Å². The minimum absolute atomic E-state index is 0.197. The van der Waals surface area contributed by atoms with E-state index in [-0.39, 0.29) is 12.3 Å². The number of rotatable bonds is 2. The Kier molecular flexibility index (Phi) is 3.64. The molecule has 2 rings (SSSR count). The molecule has 1 aliphatic heterocycles. The molecule has 1 aliphatic rings. The number of anilines is 1. The molecule has 0 aliphatic carbocycles. The van der Waals surface area contributed by atoms with Crippen LogP contribution in [0.2, 0.25) is 0 Å². The summed E-state index contributed by atoms with van der Waals surface area (Å²) in [6, 6.07) is 6.25. The zero-order valence-electron chi connectivity index (χ0n) is 10.9. The molecule has 1 fully saturated rings. The topological polar surface area (TPSA) is 63.4 Å². The smallest absolute Gasteiger partial charge is 0.157 e. The number of benzene rings is 1. The fourth-order valence-electron chi connectivity index (χ4n) is 2.45. The second-order valence-electron chi connectivity index (χ2n) is 4.96. The Morgan fingerprint density at radius 3 is 2.72 bits per heavy atom. The third-order valence-corrected chi connectivity index (χ3v) is 5.64. The third-order valence-electron chi connectivity index (χ3n) is 3.53. The molecule has 4 nitrogen and oxygen atoms in total. The maximum Gasteiger partial charge on any atom is 0.157 e. The van der Waals surface area contributed by atoms with Crippen LogP contribution in [0.3, 0.4) is 0 Å². The highest BCUT2D eigenvalue weighted by Gasteiger charge is 2.32. The Balaban J connectivity index is 2.26. The summed E-state index contributed by atoms with van der Waals surface area (Å²) in [4.78, 5) is 2.13. The minimum Gasteiger partial charge on any atom is -0.369 e. The number of hydrogen-bond donors (Lipinski definition) is 1. The number of aryl methyl sites for hydroxylation is 2. The molecule has 1 aromatic carbocycles. The summed E-state index contributed by atoms with van der Waals surface area (Å²) in [7, 11) is -3.00. The molecule has 1 heterocycles. The molecular weight excluding hydrogens is 248 g/mol. The number of nitrogens with zero attached hydrogens (tertiary/aromatic N) is 1. The summed E-state index contributed by atoms with van der Waals surface area (Å²) in [6.07, 6.45) is 0. The van der Waals surface area contributed by atoms with Gasteiger partial charge in [-0.25, -0.2) is 8.42 Å². The van der Waals surface area contributed by atoms with Crippen LogP contribution in [0, 0.1) is 13.8 Å². The van der Waals surface area contributed by atoms with Gasteiger partial charge in [-0.15, -0.1) is 0 Å². The summed E-state index contributed by atoms with van der Waals surface area (Å²) in [6.45, 7) is 5.37. The van der Waals surface area contributed by atoms with Gasteiger partial charge in [0.25, 0.3) is 0 Å². The lowest BCUT2D eigenvalue weighted by Crippen LogP contribution is -2.50. The molecule has 0 radical (unpaired) electrons. The molecule has 2 N–H and O–H groups in total. The first kappa shape index (κ1) is 13.4. The maximum atomic E-state index is 11.8. The van der Waals surface area contributed by atoms with Gasteiger partial charge in [0.05, 0.1) is 11.0 Å². The van der Waals surface area contributed by atoms with E-state index >= 15 is 0 Å². The monoisotopic (exact) mass is 268 g/mol. The summed E-state index contributed by atoms with van der Waals surface area (Å²) >= 11 is 0. The van der Waals surface area contributed by atoms with Gasteiger partial charge in [0.2, 0.25) is 0 Å². The van der Waals surface area contributed by atoms with Crippen molar-refractivity contribution in [2.45, 2.75) is 19.1 Å². The van der Waals surface area contributed by atoms with Crippen molar-refractivity contribution in [2.24, 2.45) is 5.73 Å². The van der Waals surface area contributed by atoms with Crippen LogP contribution in [0.4, 0.5) is 5.69 Å². The van der Waals surface area contributed by atoms with Crippen LogP contribution in [-0.4, -0.2) is 39.1 Å². The van der Waals surface area contributed by atoms with E-state index in [1.54, 1.807) is 0 Å². The van der Waals surface area contributed by atoms with Crippen molar-refractivity contribution in [2.75, 3.05) is 30.3 Å². The quantitative estimate of drug-likeness (QED) is 0.864. The van der Waals surface area contributed by atoms with Crippen LogP contribution >= 0.6 is 0 Å². The van der Waals surface area contributed by atoms with Gasteiger partial charge in [0.1, 0.15) is 0 Å². The summed E-state index contributed by atoms with van der Waals surface area (Å²) < 4.78 is 23.6. The largest absolute Gasteiger partial charge is 0.369 e. The molecule has 100 valence electrons. The van der Waals surface area contributed by atoms with Gasteiger partial charge in [-0.2, -0.15) is 0 Å². The highest BCUT2D eigenvalue weighted by atomic mass is 32.2. The molecule has 5 heteroatoms. The summed E-state index contributed by atoms with van der Waals surface area (Å²) in [5.41, 5.74) is 9.10. The van der Waals surface area contributed by atoms with E-state index in [0.717, 1.165) is 5.69 Å². The Bertz CT molecular complexity index is 540. The maximum absolute atomic E-state index is 11.8. The van der Waals surface area contributed by atoms with Gasteiger partial charge in [0, 0.05) is 25.3 Å². The van der Waals surface area contributed by atoms with Crippen molar-refractivity contribution >= 4 is 15.5 Å². The van der Waals surface area contributed by atoms with Gasteiger partial charge in [-0.05, 0) is 25.5 Å². The Morgan fingerprint density at radius 2 is 2.11 bits per heavy atom. The van der Waals surface area contributed by atoms with Gasteiger partial charge >= 0.3 is 0 Å². The first-order valence-corrected chi connectivity index (χ1v) is 7.89. The molecule has 18 heavy (non-hydrogen) atoms. The van der Waals surface area contributed by atoms with Crippen molar-refractivity contribution in [3.63, 3.8) is 0 Å². The van der Waals surface area contributed by atoms with E-state index in [9.17, 15) is 8.42 Å². The molecule has 0 spiro atoms. The molecule has 0 aromatic heterocycles. The Hall–Kier alpha value is -1.07. The lowest BCUT2D eigenvalue weighted by atomic mass is 10.1. The van der Waals surface area contributed by atoms with E-state index in [0.29, 0.717) is 13.1 Å². The van der Waals surface area contributed by atoms with Crippen molar-refractivity contribution in [3.05, 3.63) is 29.3 Å². The molecule has 1 unspecified atom stereocenters. The Morgan fingerprint density at radius 1 is 1.39 bits per heavy atom. The molecule has 0 saturated carbocycles. The summed E-state index contributed by atoms with van der Waals surface area (Å²) in [5, 5.41) is -0.438. The fraction of sp³-hybridized carbons (Fsp3) is 0.538. The number of sulfone groups is 1. The molecule has 1 saturated heterocycles. The molecule has 0 amide bonds. The average molecular weight is 268 g/mol. The standard InChI is InChI=1S/C13H20N2O2S/c1-10-3-4-13(11(2)7-10)15-5-6-18(16,17)12(8-14)9-15/h3-4,7,12H,5-6,8-9,14H2,1-2H3. The van der Waals surface area contributed by atoms with Crippen molar-refractivity contribution in [1.29, 1.82) is 0 Å². The molecule has 0 bridgehead atoms. The van der Waals surface area contributed by atoms with Crippen LogP contribution < -0.4 is 10.6 Å². The first-order valence-electron chi connectivity index (χ1n) is 6.18. The minimum atomic E-state index is -3.00. The van der Waals surface area contributed by atoms with Crippen LogP contribution in [0.1, 0.15) is 11.1 Å². The third kappa shape index (κ3) is 2.52. The van der Waals surface area contributed by atoms with E-state index in [2.05, 4.69) is 36.9 Å². The van der Waals surface area contributed by atoms with Gasteiger partial charge in [-0.1, -0.05) is 17.7 Å². The summed E-state index contributed by atoms with van der Waals surface area (Å²) in [5.74, 6) is 0.197. The predicted molar refractivity (Wildman–Crippen MR) is 74.8 cm³/mol. The highest BCUT2D eigenvalue weighted by Crippen LogP contribution is 2.24. The first-order chi connectivity index (χ1) is 8.44. The van der Waals surface area contributed by atoms with Crippen LogP contribution in [-0.2, 0) is 9.84 Å². The second-order valence-corrected chi connectivity index (χ2v) is 7.36. The van der Waals surface area contributed by atoms with E-state index in [1.165, 1.54) is 11.1 Å². The van der Waals surface area contributed by atoms with E-state index < -0.39 is 15.1 Å². The van der Waals surface area contributed by atoms with Crippen LogP contribution in [0.5, 0.6) is 0 Å². The number of hydrogen-bond acceptors (Lipinski definition) is 4. The van der Waals surface area contributed by atoms with Gasteiger partial charge in [-0.3, -0.25) is 0 Å². The highest BCUT2D eigenvalue weighted by molar-refractivity contribution is 7.92. The lowest BCUT2D eigenvalue weighted by Gasteiger charge is -2.34. The fourth-order valence-corrected chi connectivity index (χ4v) is 3.96. The SMILES string of the molecule is Cc1ccc(N2CCS(=O)(=O)C(CN)C2)c(C)c1. The predicted octanol–water partition coefficient (Wildman–Crippen LogP) is 0.866. The molecule has 1 aromatic rings. The normalized spacial score (nSPS) is 23.1. The van der Waals surface area contributed by atoms with Crippen molar-refractivity contribution in [1.82, 2.24) is 0 Å². The number of nitrogens with two attached hydrogens (primary N) is 1. The zero-order valence-corrected chi connectivity index (χ0v) is 11.7. The average Bonchev–Trinajstić information content (AvgIpc) is 2.30. The van der Waals surface area contributed by atoms with E-state index in [1.807, 2.05) is 0 Å². The molecular formula is C13H20N2O2S. The zero-order chi connectivity index (χ0) is 13.3. The van der Waals surface area contributed by atoms with Gasteiger partial charge < -0.3 is 10.6 Å². The van der Waals surface area contributed by atoms with E-state index in [4.69, 9.17) is 5.73 Å². The second kappa shape index (κ2) is 4.90.